The lowest BCUT2D eigenvalue weighted by atomic mass is 10.2. The first-order valence-electron chi connectivity index (χ1n) is 6.37. The summed E-state index contributed by atoms with van der Waals surface area (Å²) in [5.41, 5.74) is 3.60. The summed E-state index contributed by atoms with van der Waals surface area (Å²) in [4.78, 5) is 11.2. The molecule has 2 heterocycles. The van der Waals surface area contributed by atoms with Crippen molar-refractivity contribution < 1.29 is 4.74 Å². The number of anilines is 1. The Morgan fingerprint density at radius 2 is 2.39 bits per heavy atom. The van der Waals surface area contributed by atoms with Crippen molar-refractivity contribution in [3.8, 4) is 0 Å². The average Bonchev–Trinajstić information content (AvgIpc) is 2.39. The second kappa shape index (κ2) is 6.08. The van der Waals surface area contributed by atoms with E-state index in [1.807, 2.05) is 6.07 Å². The summed E-state index contributed by atoms with van der Waals surface area (Å²) in [5, 5.41) is 0. The summed E-state index contributed by atoms with van der Waals surface area (Å²) in [6.07, 6.45) is 1.91. The van der Waals surface area contributed by atoms with Crippen LogP contribution in [-0.2, 0) is 11.2 Å². The zero-order valence-electron chi connectivity index (χ0n) is 11.0. The van der Waals surface area contributed by atoms with Crippen molar-refractivity contribution in [2.75, 3.05) is 32.2 Å². The van der Waals surface area contributed by atoms with Gasteiger partial charge in [0.1, 0.15) is 11.9 Å². The van der Waals surface area contributed by atoms with E-state index in [1.165, 1.54) is 0 Å². The predicted octanol–water partition coefficient (Wildman–Crippen LogP) is 0.718. The zero-order valence-corrected chi connectivity index (χ0v) is 11.0. The van der Waals surface area contributed by atoms with Crippen molar-refractivity contribution in [3.63, 3.8) is 0 Å². The number of ether oxygens (including phenoxy) is 1. The van der Waals surface area contributed by atoms with Gasteiger partial charge in [0.15, 0.2) is 5.82 Å². The van der Waals surface area contributed by atoms with Crippen molar-refractivity contribution in [1.82, 2.24) is 14.9 Å². The molecule has 1 atom stereocenters. The normalized spacial score (nSPS) is 20.9. The lowest BCUT2D eigenvalue weighted by Gasteiger charge is -2.29. The van der Waals surface area contributed by atoms with Gasteiger partial charge in [-0.15, -0.1) is 0 Å². The van der Waals surface area contributed by atoms with Crippen LogP contribution in [0.15, 0.2) is 6.07 Å². The van der Waals surface area contributed by atoms with Gasteiger partial charge in [-0.3, -0.25) is 0 Å². The summed E-state index contributed by atoms with van der Waals surface area (Å²) < 4.78 is 5.73. The number of hydrogen-bond donors (Lipinski definition) is 2. The first-order chi connectivity index (χ1) is 8.72. The van der Waals surface area contributed by atoms with Crippen LogP contribution < -0.4 is 11.3 Å². The van der Waals surface area contributed by atoms with Crippen LogP contribution in [0.3, 0.4) is 0 Å². The van der Waals surface area contributed by atoms with Gasteiger partial charge >= 0.3 is 0 Å². The molecule has 0 bridgehead atoms. The number of morpholine rings is 1. The van der Waals surface area contributed by atoms with Crippen LogP contribution in [0.5, 0.6) is 0 Å². The monoisotopic (exact) mass is 251 g/mol. The Hall–Kier alpha value is -1.24. The quantitative estimate of drug-likeness (QED) is 0.606. The number of hydrogen-bond acceptors (Lipinski definition) is 6. The smallest absolute Gasteiger partial charge is 0.161 e. The van der Waals surface area contributed by atoms with Crippen LogP contribution in [0.1, 0.15) is 31.0 Å². The highest BCUT2D eigenvalue weighted by atomic mass is 16.5. The minimum atomic E-state index is -0.0624. The number of nitrogens with one attached hydrogen (secondary N) is 1. The maximum Gasteiger partial charge on any atom is 0.161 e. The van der Waals surface area contributed by atoms with Gasteiger partial charge in [-0.1, -0.05) is 13.3 Å². The van der Waals surface area contributed by atoms with E-state index in [2.05, 4.69) is 34.3 Å². The van der Waals surface area contributed by atoms with Gasteiger partial charge < -0.3 is 15.1 Å². The Kier molecular flexibility index (Phi) is 4.46. The molecule has 100 valence electrons. The van der Waals surface area contributed by atoms with Crippen molar-refractivity contribution >= 4 is 5.82 Å². The molecule has 3 N–H and O–H groups in total. The molecule has 0 aliphatic carbocycles. The van der Waals surface area contributed by atoms with Gasteiger partial charge in [0, 0.05) is 24.8 Å². The van der Waals surface area contributed by atoms with Crippen LogP contribution in [0, 0.1) is 0 Å². The Bertz CT molecular complexity index is 398. The van der Waals surface area contributed by atoms with Crippen molar-refractivity contribution in [2.24, 2.45) is 5.84 Å². The molecular formula is C12H21N5O. The fraction of sp³-hybridized carbons (Fsp3) is 0.667. The van der Waals surface area contributed by atoms with E-state index >= 15 is 0 Å². The Morgan fingerprint density at radius 1 is 1.56 bits per heavy atom. The van der Waals surface area contributed by atoms with E-state index in [-0.39, 0.29) is 6.10 Å². The molecule has 0 saturated carbocycles. The molecule has 1 aromatic heterocycles. The topological polar surface area (TPSA) is 76.3 Å². The van der Waals surface area contributed by atoms with Gasteiger partial charge in [-0.05, 0) is 13.5 Å². The average molecular weight is 251 g/mol. The Balaban J connectivity index is 2.22. The highest BCUT2D eigenvalue weighted by molar-refractivity contribution is 5.35. The van der Waals surface area contributed by atoms with E-state index in [1.54, 1.807) is 0 Å². The standard InChI is InChI=1S/C12H21N5O/c1-3-4-9-7-11(16-13)15-12(14-9)10-8-17(2)5-6-18-10/h7,10H,3-6,8,13H2,1-2H3,(H,14,15,16). The van der Waals surface area contributed by atoms with E-state index in [4.69, 9.17) is 10.6 Å². The fourth-order valence-electron chi connectivity index (χ4n) is 2.05. The van der Waals surface area contributed by atoms with Crippen LogP contribution in [0.25, 0.3) is 0 Å². The fourth-order valence-corrected chi connectivity index (χ4v) is 2.05. The van der Waals surface area contributed by atoms with Crippen LogP contribution in [-0.4, -0.2) is 41.6 Å². The molecule has 0 amide bonds. The molecule has 1 aromatic rings. The number of rotatable bonds is 4. The zero-order chi connectivity index (χ0) is 13.0. The maximum atomic E-state index is 5.73. The van der Waals surface area contributed by atoms with Crippen LogP contribution in [0.4, 0.5) is 5.82 Å². The van der Waals surface area contributed by atoms with Crippen molar-refractivity contribution in [3.05, 3.63) is 17.6 Å². The molecule has 0 radical (unpaired) electrons. The molecule has 1 aliphatic heterocycles. The molecule has 1 saturated heterocycles. The van der Waals surface area contributed by atoms with E-state index in [0.717, 1.165) is 37.4 Å². The summed E-state index contributed by atoms with van der Waals surface area (Å²) >= 11 is 0. The van der Waals surface area contributed by atoms with Crippen molar-refractivity contribution in [2.45, 2.75) is 25.9 Å². The first-order valence-corrected chi connectivity index (χ1v) is 6.37. The Morgan fingerprint density at radius 3 is 3.06 bits per heavy atom. The molecule has 1 unspecified atom stereocenters. The lowest BCUT2D eigenvalue weighted by Crippen LogP contribution is -2.36. The number of hydrazine groups is 1. The second-order valence-corrected chi connectivity index (χ2v) is 4.62. The van der Waals surface area contributed by atoms with E-state index < -0.39 is 0 Å². The van der Waals surface area contributed by atoms with Gasteiger partial charge in [-0.25, -0.2) is 15.8 Å². The van der Waals surface area contributed by atoms with E-state index in [0.29, 0.717) is 12.4 Å². The third-order valence-corrected chi connectivity index (χ3v) is 3.01. The summed E-state index contributed by atoms with van der Waals surface area (Å²) in [7, 11) is 2.08. The van der Waals surface area contributed by atoms with Crippen molar-refractivity contribution in [1.29, 1.82) is 0 Å². The number of aromatic nitrogens is 2. The van der Waals surface area contributed by atoms with Crippen LogP contribution in [0.2, 0.25) is 0 Å². The minimum absolute atomic E-state index is 0.0624. The molecule has 6 nitrogen and oxygen atoms in total. The first kappa shape index (κ1) is 13.2. The van der Waals surface area contributed by atoms with Gasteiger partial charge in [0.2, 0.25) is 0 Å². The third-order valence-electron chi connectivity index (χ3n) is 3.01. The van der Waals surface area contributed by atoms with Crippen LogP contribution >= 0.6 is 0 Å². The number of likely N-dealkylation sites (N-methyl/N-ethyl adjacent to an activating group) is 1. The summed E-state index contributed by atoms with van der Waals surface area (Å²) in [6.45, 7) is 4.61. The molecule has 2 rings (SSSR count). The van der Waals surface area contributed by atoms with Gasteiger partial charge in [0.05, 0.1) is 6.61 Å². The lowest BCUT2D eigenvalue weighted by molar-refractivity contribution is -0.0255. The van der Waals surface area contributed by atoms with Gasteiger partial charge in [0.25, 0.3) is 0 Å². The van der Waals surface area contributed by atoms with Gasteiger partial charge in [-0.2, -0.15) is 0 Å². The number of nitrogens with two attached hydrogens (primary N) is 1. The third kappa shape index (κ3) is 3.16. The summed E-state index contributed by atoms with van der Waals surface area (Å²) in [5.74, 6) is 6.82. The highest BCUT2D eigenvalue weighted by Crippen LogP contribution is 2.20. The molecule has 18 heavy (non-hydrogen) atoms. The second-order valence-electron chi connectivity index (χ2n) is 4.62. The Labute approximate surface area is 108 Å². The predicted molar refractivity (Wildman–Crippen MR) is 70.0 cm³/mol. The highest BCUT2D eigenvalue weighted by Gasteiger charge is 2.22. The number of nitrogens with zero attached hydrogens (tertiary/aromatic N) is 3. The minimum Gasteiger partial charge on any atom is -0.368 e. The number of nitrogen functional groups attached to an aromatic ring is 1. The molecule has 1 aliphatic rings. The van der Waals surface area contributed by atoms with E-state index in [9.17, 15) is 0 Å². The summed E-state index contributed by atoms with van der Waals surface area (Å²) in [6, 6.07) is 1.89. The molecule has 1 fully saturated rings. The largest absolute Gasteiger partial charge is 0.368 e. The number of aryl methyl sites for hydroxylation is 1. The molecule has 6 heteroatoms. The SMILES string of the molecule is CCCc1cc(NN)nc(C2CN(C)CCO2)n1. The molecular weight excluding hydrogens is 230 g/mol. The maximum absolute atomic E-state index is 5.73. The molecule has 0 aromatic carbocycles. The molecule has 0 spiro atoms.